The van der Waals surface area contributed by atoms with E-state index in [1.807, 2.05) is 43.4 Å². The molecule has 0 saturated heterocycles. The Kier molecular flexibility index (Phi) is 6.20. The van der Waals surface area contributed by atoms with Crippen molar-refractivity contribution in [3.8, 4) is 0 Å². The summed E-state index contributed by atoms with van der Waals surface area (Å²) >= 11 is 12.3. The number of halogens is 2. The van der Waals surface area contributed by atoms with E-state index in [1.54, 1.807) is 0 Å². The number of amides is 1. The standard InChI is InChI=1S/C20H22Cl2N2O2/c1-23-19-7-5-14(12-3-6-17(21)18(22)11-12)15-4-2-13(10-16(15)19)20(26)24-8-9-25/h2-4,6,10-11,14,19,23,25H,5,7-9H2,1H3,(H,24,26)/t14-,19-/m0/s1. The van der Waals surface area contributed by atoms with E-state index in [9.17, 15) is 4.79 Å². The summed E-state index contributed by atoms with van der Waals surface area (Å²) in [4.78, 5) is 12.2. The van der Waals surface area contributed by atoms with Crippen LogP contribution in [0.25, 0.3) is 0 Å². The van der Waals surface area contributed by atoms with E-state index < -0.39 is 0 Å². The third kappa shape index (κ3) is 3.89. The normalized spacial score (nSPS) is 19.1. The van der Waals surface area contributed by atoms with Crippen LogP contribution in [0.5, 0.6) is 0 Å². The zero-order valence-electron chi connectivity index (χ0n) is 14.6. The Labute approximate surface area is 163 Å². The highest BCUT2D eigenvalue weighted by molar-refractivity contribution is 6.42. The summed E-state index contributed by atoms with van der Waals surface area (Å²) in [6.07, 6.45) is 1.96. The molecule has 1 aliphatic carbocycles. The molecule has 6 heteroatoms. The van der Waals surface area contributed by atoms with Gasteiger partial charge in [0.1, 0.15) is 0 Å². The van der Waals surface area contributed by atoms with E-state index in [4.69, 9.17) is 28.3 Å². The van der Waals surface area contributed by atoms with E-state index in [1.165, 1.54) is 5.56 Å². The number of rotatable bonds is 5. The number of carbonyl (C=O) groups is 1. The molecule has 138 valence electrons. The molecule has 0 bridgehead atoms. The zero-order chi connectivity index (χ0) is 18.7. The van der Waals surface area contributed by atoms with Crippen LogP contribution in [0.4, 0.5) is 0 Å². The molecule has 0 radical (unpaired) electrons. The van der Waals surface area contributed by atoms with Crippen LogP contribution in [-0.4, -0.2) is 31.2 Å². The molecule has 2 aromatic rings. The first-order valence-electron chi connectivity index (χ1n) is 8.70. The highest BCUT2D eigenvalue weighted by atomic mass is 35.5. The van der Waals surface area contributed by atoms with Crippen LogP contribution in [0.2, 0.25) is 10.0 Å². The van der Waals surface area contributed by atoms with Gasteiger partial charge >= 0.3 is 0 Å². The van der Waals surface area contributed by atoms with Gasteiger partial charge in [-0.1, -0.05) is 35.3 Å². The molecule has 0 fully saturated rings. The van der Waals surface area contributed by atoms with Crippen LogP contribution in [0.3, 0.4) is 0 Å². The number of aliphatic hydroxyl groups is 1. The summed E-state index contributed by atoms with van der Waals surface area (Å²) in [7, 11) is 1.94. The fourth-order valence-corrected chi connectivity index (χ4v) is 3.93. The third-order valence-electron chi connectivity index (χ3n) is 4.94. The largest absolute Gasteiger partial charge is 0.395 e. The molecule has 3 N–H and O–H groups in total. The Bertz CT molecular complexity index is 810. The number of hydrogen-bond acceptors (Lipinski definition) is 3. The average molecular weight is 393 g/mol. The van der Waals surface area contributed by atoms with E-state index in [-0.39, 0.29) is 31.0 Å². The molecule has 1 aliphatic rings. The van der Waals surface area contributed by atoms with Crippen molar-refractivity contribution in [1.82, 2.24) is 10.6 Å². The summed E-state index contributed by atoms with van der Waals surface area (Å²) in [5.74, 6) is 0.0484. The molecule has 0 spiro atoms. The van der Waals surface area contributed by atoms with E-state index in [0.29, 0.717) is 15.6 Å². The number of nitrogens with one attached hydrogen (secondary N) is 2. The summed E-state index contributed by atoms with van der Waals surface area (Å²) in [5.41, 5.74) is 4.07. The van der Waals surface area contributed by atoms with Crippen molar-refractivity contribution in [3.05, 3.63) is 68.7 Å². The fraction of sp³-hybridized carbons (Fsp3) is 0.350. The van der Waals surface area contributed by atoms with Crippen LogP contribution in [0.1, 0.15) is 51.8 Å². The minimum Gasteiger partial charge on any atom is -0.395 e. The predicted octanol–water partition coefficient (Wildman–Crippen LogP) is 3.90. The smallest absolute Gasteiger partial charge is 0.251 e. The van der Waals surface area contributed by atoms with Gasteiger partial charge in [0.15, 0.2) is 0 Å². The Hall–Kier alpha value is -1.59. The minimum absolute atomic E-state index is 0.0742. The van der Waals surface area contributed by atoms with Gasteiger partial charge in [0.2, 0.25) is 0 Å². The first kappa shape index (κ1) is 19.2. The molecule has 0 aliphatic heterocycles. The lowest BCUT2D eigenvalue weighted by molar-refractivity contribution is 0.0944. The lowest BCUT2D eigenvalue weighted by atomic mass is 9.76. The van der Waals surface area contributed by atoms with E-state index in [2.05, 4.69) is 10.6 Å². The number of aliphatic hydroxyl groups excluding tert-OH is 1. The summed E-state index contributed by atoms with van der Waals surface area (Å²) < 4.78 is 0. The maximum absolute atomic E-state index is 12.2. The second-order valence-corrected chi connectivity index (χ2v) is 7.28. The third-order valence-corrected chi connectivity index (χ3v) is 5.67. The van der Waals surface area contributed by atoms with Gasteiger partial charge in [0.05, 0.1) is 16.7 Å². The Morgan fingerprint density at radius 2 is 1.92 bits per heavy atom. The minimum atomic E-state index is -0.173. The Morgan fingerprint density at radius 1 is 1.12 bits per heavy atom. The van der Waals surface area contributed by atoms with Gasteiger partial charge in [0, 0.05) is 24.1 Å². The molecule has 26 heavy (non-hydrogen) atoms. The second-order valence-electron chi connectivity index (χ2n) is 6.47. The van der Waals surface area contributed by atoms with Gasteiger partial charge in [-0.05, 0) is 60.8 Å². The Morgan fingerprint density at radius 3 is 2.62 bits per heavy atom. The van der Waals surface area contributed by atoms with Crippen LogP contribution in [0.15, 0.2) is 36.4 Å². The SMILES string of the molecule is CN[C@H]1CC[C@@H](c2ccc(Cl)c(Cl)c2)c2ccc(C(=O)NCCO)cc21. The predicted molar refractivity (Wildman–Crippen MR) is 105 cm³/mol. The lowest BCUT2D eigenvalue weighted by Gasteiger charge is -2.32. The van der Waals surface area contributed by atoms with Gasteiger partial charge in [-0.2, -0.15) is 0 Å². The van der Waals surface area contributed by atoms with Crippen molar-refractivity contribution in [3.63, 3.8) is 0 Å². The van der Waals surface area contributed by atoms with Crippen molar-refractivity contribution in [2.75, 3.05) is 20.2 Å². The summed E-state index contributed by atoms with van der Waals surface area (Å²) in [6, 6.07) is 11.8. The zero-order valence-corrected chi connectivity index (χ0v) is 16.1. The maximum Gasteiger partial charge on any atom is 0.251 e. The van der Waals surface area contributed by atoms with Crippen molar-refractivity contribution >= 4 is 29.1 Å². The van der Waals surface area contributed by atoms with Crippen molar-refractivity contribution in [2.24, 2.45) is 0 Å². The van der Waals surface area contributed by atoms with Crippen LogP contribution in [0, 0.1) is 0 Å². The molecule has 2 aromatic carbocycles. The number of carbonyl (C=O) groups excluding carboxylic acids is 1. The van der Waals surface area contributed by atoms with Gasteiger partial charge < -0.3 is 15.7 Å². The highest BCUT2D eigenvalue weighted by Gasteiger charge is 2.28. The maximum atomic E-state index is 12.2. The highest BCUT2D eigenvalue weighted by Crippen LogP contribution is 2.42. The second kappa shape index (κ2) is 8.40. The first-order chi connectivity index (χ1) is 12.5. The molecular formula is C20H22Cl2N2O2. The molecule has 0 saturated carbocycles. The van der Waals surface area contributed by atoms with Crippen LogP contribution >= 0.6 is 23.2 Å². The number of hydrogen-bond donors (Lipinski definition) is 3. The first-order valence-corrected chi connectivity index (χ1v) is 9.46. The van der Waals surface area contributed by atoms with Crippen molar-refractivity contribution in [1.29, 1.82) is 0 Å². The molecule has 1 amide bonds. The van der Waals surface area contributed by atoms with Crippen molar-refractivity contribution < 1.29 is 9.90 Å². The lowest BCUT2D eigenvalue weighted by Crippen LogP contribution is -2.28. The quantitative estimate of drug-likeness (QED) is 0.722. The van der Waals surface area contributed by atoms with Gasteiger partial charge in [-0.3, -0.25) is 4.79 Å². The molecular weight excluding hydrogens is 371 g/mol. The van der Waals surface area contributed by atoms with Crippen molar-refractivity contribution in [2.45, 2.75) is 24.8 Å². The van der Waals surface area contributed by atoms with Gasteiger partial charge in [-0.25, -0.2) is 0 Å². The molecule has 3 rings (SSSR count). The average Bonchev–Trinajstić information content (AvgIpc) is 2.67. The summed E-state index contributed by atoms with van der Waals surface area (Å²) in [6.45, 7) is 0.173. The summed E-state index contributed by atoms with van der Waals surface area (Å²) in [5, 5.41) is 16.0. The topological polar surface area (TPSA) is 61.4 Å². The molecule has 2 atom stereocenters. The van der Waals surface area contributed by atoms with Gasteiger partial charge in [-0.15, -0.1) is 0 Å². The monoisotopic (exact) mass is 392 g/mol. The van der Waals surface area contributed by atoms with Crippen LogP contribution < -0.4 is 10.6 Å². The van der Waals surface area contributed by atoms with E-state index in [0.717, 1.165) is 24.0 Å². The molecule has 0 aromatic heterocycles. The number of benzene rings is 2. The number of fused-ring (bicyclic) bond motifs is 1. The van der Waals surface area contributed by atoms with Crippen LogP contribution in [-0.2, 0) is 0 Å². The van der Waals surface area contributed by atoms with E-state index >= 15 is 0 Å². The van der Waals surface area contributed by atoms with Gasteiger partial charge in [0.25, 0.3) is 5.91 Å². The molecule has 0 unspecified atom stereocenters. The molecule has 4 nitrogen and oxygen atoms in total. The fourth-order valence-electron chi connectivity index (χ4n) is 3.63. The molecule has 0 heterocycles. The Balaban J connectivity index is 1.98.